The Labute approximate surface area is 77.0 Å². The lowest BCUT2D eigenvalue weighted by Crippen LogP contribution is -2.62. The van der Waals surface area contributed by atoms with Crippen molar-refractivity contribution in [3.8, 4) is 0 Å². The summed E-state index contributed by atoms with van der Waals surface area (Å²) in [6.07, 6.45) is 6.80. The van der Waals surface area contributed by atoms with Gasteiger partial charge in [-0.2, -0.15) is 0 Å². The third kappa shape index (κ3) is 1.62. The van der Waals surface area contributed by atoms with Crippen molar-refractivity contribution in [3.05, 3.63) is 12.2 Å². The number of hydrogen-bond acceptors (Lipinski definition) is 1. The fourth-order valence-electron chi connectivity index (χ4n) is 2.52. The van der Waals surface area contributed by atoms with Gasteiger partial charge in [0.25, 0.3) is 5.92 Å². The smallest absolute Gasteiger partial charge is 0.251 e. The summed E-state index contributed by atoms with van der Waals surface area (Å²) in [5.41, 5.74) is 5.36. The average Bonchev–Trinajstić information content (AvgIpc) is 2.02. The van der Waals surface area contributed by atoms with Crippen LogP contribution < -0.4 is 5.73 Å². The van der Waals surface area contributed by atoms with Crippen molar-refractivity contribution < 1.29 is 8.78 Å². The minimum atomic E-state index is -2.49. The summed E-state index contributed by atoms with van der Waals surface area (Å²) < 4.78 is 25.4. The molecule has 2 aliphatic carbocycles. The van der Waals surface area contributed by atoms with Crippen molar-refractivity contribution in [2.75, 3.05) is 0 Å². The predicted molar refractivity (Wildman–Crippen MR) is 47.6 cm³/mol. The number of allylic oxidation sites excluding steroid dienone is 2. The van der Waals surface area contributed by atoms with E-state index < -0.39 is 11.5 Å². The number of nitrogens with two attached hydrogens (primary N) is 1. The highest BCUT2D eigenvalue weighted by Crippen LogP contribution is 2.50. The monoisotopic (exact) mass is 187 g/mol. The van der Waals surface area contributed by atoms with Crippen LogP contribution in [0.15, 0.2) is 12.2 Å². The maximum absolute atomic E-state index is 12.7. The molecule has 0 aromatic heterocycles. The van der Waals surface area contributed by atoms with Crippen LogP contribution in [-0.4, -0.2) is 11.5 Å². The molecule has 1 saturated carbocycles. The Bertz CT molecular complexity index is 227. The Morgan fingerprint density at radius 2 is 1.92 bits per heavy atom. The molecule has 0 bridgehead atoms. The Hall–Kier alpha value is -0.440. The van der Waals surface area contributed by atoms with Crippen molar-refractivity contribution in [2.45, 2.75) is 43.6 Å². The van der Waals surface area contributed by atoms with Crippen LogP contribution in [-0.2, 0) is 0 Å². The van der Waals surface area contributed by atoms with Gasteiger partial charge in [-0.1, -0.05) is 12.2 Å². The molecule has 1 nitrogen and oxygen atoms in total. The molecule has 13 heavy (non-hydrogen) atoms. The fraction of sp³-hybridized carbons (Fsp3) is 0.800. The van der Waals surface area contributed by atoms with E-state index in [1.54, 1.807) is 0 Å². The SMILES string of the molecule is NC1(C2CC=CCC2)CC(F)(F)C1. The molecular formula is C10H15F2N. The van der Waals surface area contributed by atoms with Gasteiger partial charge in [0.05, 0.1) is 0 Å². The standard InChI is InChI=1S/C10H15F2N/c11-10(12)6-9(13,7-10)8-4-2-1-3-5-8/h1-2,8H,3-7,13H2. The maximum atomic E-state index is 12.7. The van der Waals surface area contributed by atoms with E-state index >= 15 is 0 Å². The Morgan fingerprint density at radius 3 is 2.38 bits per heavy atom. The topological polar surface area (TPSA) is 26.0 Å². The highest BCUT2D eigenvalue weighted by Gasteiger charge is 2.57. The van der Waals surface area contributed by atoms with Gasteiger partial charge in [-0.25, -0.2) is 8.78 Å². The number of rotatable bonds is 1. The van der Waals surface area contributed by atoms with E-state index in [1.807, 2.05) is 0 Å². The van der Waals surface area contributed by atoms with Crippen LogP contribution in [0.3, 0.4) is 0 Å². The zero-order valence-electron chi connectivity index (χ0n) is 7.60. The van der Waals surface area contributed by atoms with E-state index in [0.717, 1.165) is 19.3 Å². The predicted octanol–water partition coefficient (Wildman–Crippen LogP) is 2.47. The number of halogens is 2. The van der Waals surface area contributed by atoms with Gasteiger partial charge in [0.1, 0.15) is 0 Å². The lowest BCUT2D eigenvalue weighted by molar-refractivity contribution is -0.140. The van der Waals surface area contributed by atoms with E-state index in [-0.39, 0.29) is 18.8 Å². The van der Waals surface area contributed by atoms with Crippen molar-refractivity contribution in [1.82, 2.24) is 0 Å². The summed E-state index contributed by atoms with van der Waals surface area (Å²) in [5.74, 6) is -2.22. The molecule has 0 spiro atoms. The highest BCUT2D eigenvalue weighted by atomic mass is 19.3. The summed E-state index contributed by atoms with van der Waals surface area (Å²) in [6.45, 7) is 0. The molecule has 1 unspecified atom stereocenters. The first-order valence-electron chi connectivity index (χ1n) is 4.84. The second-order valence-corrected chi connectivity index (χ2v) is 4.42. The van der Waals surface area contributed by atoms with E-state index in [2.05, 4.69) is 12.2 Å². The fourth-order valence-corrected chi connectivity index (χ4v) is 2.52. The molecule has 0 radical (unpaired) electrons. The van der Waals surface area contributed by atoms with Crippen LogP contribution in [0, 0.1) is 5.92 Å². The van der Waals surface area contributed by atoms with Crippen molar-refractivity contribution in [2.24, 2.45) is 11.7 Å². The molecule has 2 N–H and O–H groups in total. The molecule has 0 amide bonds. The van der Waals surface area contributed by atoms with Crippen LogP contribution in [0.25, 0.3) is 0 Å². The number of alkyl halides is 2. The third-order valence-electron chi connectivity index (χ3n) is 3.26. The summed E-state index contributed by atoms with van der Waals surface area (Å²) in [4.78, 5) is 0. The van der Waals surface area contributed by atoms with Crippen LogP contribution in [0.1, 0.15) is 32.1 Å². The zero-order valence-corrected chi connectivity index (χ0v) is 7.60. The minimum Gasteiger partial charge on any atom is -0.324 e. The largest absolute Gasteiger partial charge is 0.324 e. The second-order valence-electron chi connectivity index (χ2n) is 4.42. The second kappa shape index (κ2) is 2.77. The van der Waals surface area contributed by atoms with Gasteiger partial charge in [0.15, 0.2) is 0 Å². The number of hydrogen-bond donors (Lipinski definition) is 1. The van der Waals surface area contributed by atoms with Gasteiger partial charge < -0.3 is 5.73 Å². The van der Waals surface area contributed by atoms with Crippen molar-refractivity contribution in [1.29, 1.82) is 0 Å². The lowest BCUT2D eigenvalue weighted by Gasteiger charge is -2.50. The zero-order chi connectivity index (χ0) is 9.53. The summed E-state index contributed by atoms with van der Waals surface area (Å²) in [7, 11) is 0. The van der Waals surface area contributed by atoms with Crippen LogP contribution >= 0.6 is 0 Å². The van der Waals surface area contributed by atoms with Gasteiger partial charge >= 0.3 is 0 Å². The Balaban J connectivity index is 1.98. The molecule has 0 saturated heterocycles. The minimum absolute atomic E-state index is 0.113. The Morgan fingerprint density at radius 1 is 1.23 bits per heavy atom. The molecule has 0 aromatic rings. The molecule has 2 rings (SSSR count). The van der Waals surface area contributed by atoms with E-state index in [9.17, 15) is 8.78 Å². The van der Waals surface area contributed by atoms with Gasteiger partial charge in [-0.15, -0.1) is 0 Å². The summed E-state index contributed by atoms with van der Waals surface area (Å²) in [5, 5.41) is 0. The third-order valence-corrected chi connectivity index (χ3v) is 3.26. The summed E-state index contributed by atoms with van der Waals surface area (Å²) in [6, 6.07) is 0. The van der Waals surface area contributed by atoms with Crippen LogP contribution in [0.5, 0.6) is 0 Å². The molecular weight excluding hydrogens is 172 g/mol. The first kappa shape index (κ1) is 9.13. The average molecular weight is 187 g/mol. The van der Waals surface area contributed by atoms with Crippen LogP contribution in [0.4, 0.5) is 8.78 Å². The lowest BCUT2D eigenvalue weighted by atomic mass is 9.63. The molecule has 2 aliphatic rings. The highest BCUT2D eigenvalue weighted by molar-refractivity contribution is 5.10. The molecule has 0 aromatic carbocycles. The molecule has 74 valence electrons. The maximum Gasteiger partial charge on any atom is 0.251 e. The Kier molecular flexibility index (Phi) is 1.95. The van der Waals surface area contributed by atoms with E-state index in [0.29, 0.717) is 0 Å². The first-order valence-corrected chi connectivity index (χ1v) is 4.84. The normalized spacial score (nSPS) is 35.5. The van der Waals surface area contributed by atoms with Crippen LogP contribution in [0.2, 0.25) is 0 Å². The van der Waals surface area contributed by atoms with Gasteiger partial charge in [0.2, 0.25) is 0 Å². The van der Waals surface area contributed by atoms with Gasteiger partial charge in [0, 0.05) is 18.4 Å². The van der Waals surface area contributed by atoms with E-state index in [4.69, 9.17) is 5.73 Å². The van der Waals surface area contributed by atoms with Gasteiger partial charge in [-0.3, -0.25) is 0 Å². The van der Waals surface area contributed by atoms with Crippen molar-refractivity contribution >= 4 is 0 Å². The summed E-state index contributed by atoms with van der Waals surface area (Å²) >= 11 is 0. The molecule has 0 aliphatic heterocycles. The van der Waals surface area contributed by atoms with Crippen molar-refractivity contribution in [3.63, 3.8) is 0 Å². The van der Waals surface area contributed by atoms with E-state index in [1.165, 1.54) is 0 Å². The molecule has 1 fully saturated rings. The molecule has 0 heterocycles. The molecule has 3 heteroatoms. The molecule has 1 atom stereocenters. The quantitative estimate of drug-likeness (QED) is 0.627. The first-order chi connectivity index (χ1) is 6.02. The van der Waals surface area contributed by atoms with Gasteiger partial charge in [-0.05, 0) is 25.2 Å².